The van der Waals surface area contributed by atoms with Crippen molar-refractivity contribution in [1.29, 1.82) is 0 Å². The van der Waals surface area contributed by atoms with E-state index in [0.29, 0.717) is 30.2 Å². The first-order chi connectivity index (χ1) is 13.1. The SMILES string of the molecule is O=C(NCCc1nc(-c2ccc(F)cc2)no1)C12CC3CC(CC(C3)C1)C2. The lowest BCUT2D eigenvalue weighted by molar-refractivity contribution is -0.146. The van der Waals surface area contributed by atoms with Gasteiger partial charge in [0, 0.05) is 23.9 Å². The van der Waals surface area contributed by atoms with Gasteiger partial charge < -0.3 is 9.84 Å². The van der Waals surface area contributed by atoms with Gasteiger partial charge in [-0.2, -0.15) is 4.98 Å². The van der Waals surface area contributed by atoms with Crippen LogP contribution in [0.3, 0.4) is 0 Å². The molecule has 4 aliphatic rings. The first kappa shape index (κ1) is 16.9. The summed E-state index contributed by atoms with van der Waals surface area (Å²) in [6.45, 7) is 0.506. The highest BCUT2D eigenvalue weighted by atomic mass is 19.1. The van der Waals surface area contributed by atoms with E-state index in [4.69, 9.17) is 4.52 Å². The molecule has 0 aliphatic heterocycles. The molecule has 0 unspecified atom stereocenters. The summed E-state index contributed by atoms with van der Waals surface area (Å²) < 4.78 is 18.3. The number of benzene rings is 1. The summed E-state index contributed by atoms with van der Waals surface area (Å²) in [5.74, 6) is 3.14. The van der Waals surface area contributed by atoms with Gasteiger partial charge in [-0.05, 0) is 80.5 Å². The van der Waals surface area contributed by atoms with E-state index in [9.17, 15) is 9.18 Å². The minimum atomic E-state index is -0.296. The van der Waals surface area contributed by atoms with Gasteiger partial charge in [0.25, 0.3) is 0 Å². The summed E-state index contributed by atoms with van der Waals surface area (Å²) in [5.41, 5.74) is 0.590. The number of carbonyl (C=O) groups excluding carboxylic acids is 1. The second-order valence-corrected chi connectivity index (χ2v) is 8.72. The standard InChI is InChI=1S/C21H24FN3O2/c22-17-3-1-16(2-4-17)19-24-18(27-25-19)5-6-23-20(26)21-10-13-7-14(11-21)9-15(8-13)12-21/h1-4,13-15H,5-12H2,(H,23,26). The quantitative estimate of drug-likeness (QED) is 0.872. The Morgan fingerprint density at radius 1 is 1.11 bits per heavy atom. The lowest BCUT2D eigenvalue weighted by atomic mass is 9.49. The fraction of sp³-hybridized carbons (Fsp3) is 0.571. The molecule has 4 saturated carbocycles. The number of amides is 1. The summed E-state index contributed by atoms with van der Waals surface area (Å²) in [6.07, 6.45) is 7.72. The molecule has 1 N–H and O–H groups in total. The zero-order valence-electron chi connectivity index (χ0n) is 15.3. The van der Waals surface area contributed by atoms with Crippen LogP contribution in [0, 0.1) is 29.0 Å². The lowest BCUT2D eigenvalue weighted by Crippen LogP contribution is -2.53. The monoisotopic (exact) mass is 369 g/mol. The van der Waals surface area contributed by atoms with Crippen LogP contribution in [0.5, 0.6) is 0 Å². The van der Waals surface area contributed by atoms with Gasteiger partial charge in [-0.1, -0.05) is 5.16 Å². The Bertz CT molecular complexity index is 810. The van der Waals surface area contributed by atoms with Gasteiger partial charge in [-0.15, -0.1) is 0 Å². The number of halogens is 1. The molecule has 1 aromatic heterocycles. The number of nitrogens with one attached hydrogen (secondary N) is 1. The Labute approximate surface area is 157 Å². The zero-order valence-corrected chi connectivity index (χ0v) is 15.3. The predicted octanol–water partition coefficient (Wildman–Crippen LogP) is 3.75. The molecular formula is C21H24FN3O2. The third-order valence-corrected chi connectivity index (χ3v) is 6.71. The molecule has 0 atom stereocenters. The predicted molar refractivity (Wildman–Crippen MR) is 97.0 cm³/mol. The van der Waals surface area contributed by atoms with E-state index in [2.05, 4.69) is 15.5 Å². The highest BCUT2D eigenvalue weighted by Gasteiger charge is 2.54. The van der Waals surface area contributed by atoms with Crippen molar-refractivity contribution in [2.75, 3.05) is 6.54 Å². The average molecular weight is 369 g/mol. The molecule has 6 heteroatoms. The third kappa shape index (κ3) is 3.15. The maximum atomic E-state index is 13.0. The second-order valence-electron chi connectivity index (χ2n) is 8.72. The largest absolute Gasteiger partial charge is 0.355 e. The third-order valence-electron chi connectivity index (χ3n) is 6.71. The molecule has 6 rings (SSSR count). The van der Waals surface area contributed by atoms with Crippen molar-refractivity contribution in [2.24, 2.45) is 23.2 Å². The van der Waals surface area contributed by atoms with E-state index in [1.807, 2.05) is 0 Å². The molecule has 1 heterocycles. The van der Waals surface area contributed by atoms with Crippen LogP contribution in [-0.4, -0.2) is 22.6 Å². The lowest BCUT2D eigenvalue weighted by Gasteiger charge is -2.55. The van der Waals surface area contributed by atoms with Gasteiger partial charge in [-0.3, -0.25) is 4.79 Å². The molecular weight excluding hydrogens is 345 g/mol. The van der Waals surface area contributed by atoms with Crippen LogP contribution >= 0.6 is 0 Å². The summed E-state index contributed by atoms with van der Waals surface area (Å²) in [4.78, 5) is 17.3. The first-order valence-corrected chi connectivity index (χ1v) is 9.96. The van der Waals surface area contributed by atoms with Crippen molar-refractivity contribution < 1.29 is 13.7 Å². The molecule has 4 fully saturated rings. The maximum Gasteiger partial charge on any atom is 0.228 e. The molecule has 142 valence electrons. The highest BCUT2D eigenvalue weighted by Crippen LogP contribution is 2.60. The van der Waals surface area contributed by atoms with Crippen molar-refractivity contribution in [3.05, 3.63) is 36.0 Å². The van der Waals surface area contributed by atoms with Gasteiger partial charge in [0.15, 0.2) is 0 Å². The average Bonchev–Trinajstić information content (AvgIpc) is 3.10. The van der Waals surface area contributed by atoms with Crippen LogP contribution in [0.15, 0.2) is 28.8 Å². The molecule has 2 aromatic rings. The molecule has 1 aromatic carbocycles. The smallest absolute Gasteiger partial charge is 0.228 e. The van der Waals surface area contributed by atoms with E-state index in [-0.39, 0.29) is 17.1 Å². The molecule has 4 aliphatic carbocycles. The number of nitrogens with zero attached hydrogens (tertiary/aromatic N) is 2. The van der Waals surface area contributed by atoms with E-state index in [1.165, 1.54) is 31.4 Å². The Morgan fingerprint density at radius 2 is 1.74 bits per heavy atom. The number of hydrogen-bond acceptors (Lipinski definition) is 4. The van der Waals surface area contributed by atoms with Gasteiger partial charge in [0.1, 0.15) is 5.82 Å². The molecule has 4 bridgehead atoms. The normalized spacial score (nSPS) is 31.2. The number of aromatic nitrogens is 2. The summed E-state index contributed by atoms with van der Waals surface area (Å²) in [5, 5.41) is 7.08. The van der Waals surface area contributed by atoms with Gasteiger partial charge in [-0.25, -0.2) is 4.39 Å². The minimum absolute atomic E-state index is 0.122. The van der Waals surface area contributed by atoms with Crippen molar-refractivity contribution in [3.8, 4) is 11.4 Å². The van der Waals surface area contributed by atoms with E-state index in [0.717, 1.165) is 37.0 Å². The maximum absolute atomic E-state index is 13.0. The van der Waals surface area contributed by atoms with Crippen LogP contribution in [-0.2, 0) is 11.2 Å². The molecule has 0 saturated heterocycles. The Kier molecular flexibility index (Phi) is 4.02. The molecule has 0 radical (unpaired) electrons. The fourth-order valence-electron chi connectivity index (χ4n) is 5.93. The van der Waals surface area contributed by atoms with Crippen LogP contribution in [0.25, 0.3) is 11.4 Å². The summed E-state index contributed by atoms with van der Waals surface area (Å²) >= 11 is 0. The number of hydrogen-bond donors (Lipinski definition) is 1. The topological polar surface area (TPSA) is 68.0 Å². The minimum Gasteiger partial charge on any atom is -0.355 e. The Morgan fingerprint density at radius 3 is 2.37 bits per heavy atom. The van der Waals surface area contributed by atoms with Gasteiger partial charge in [0.2, 0.25) is 17.6 Å². The summed E-state index contributed by atoms with van der Waals surface area (Å²) in [6, 6.07) is 5.99. The van der Waals surface area contributed by atoms with Crippen LogP contribution in [0.1, 0.15) is 44.4 Å². The molecule has 27 heavy (non-hydrogen) atoms. The molecule has 1 amide bonds. The number of rotatable bonds is 5. The van der Waals surface area contributed by atoms with Crippen molar-refractivity contribution in [3.63, 3.8) is 0 Å². The van der Waals surface area contributed by atoms with E-state index < -0.39 is 0 Å². The number of carbonyl (C=O) groups is 1. The fourth-order valence-corrected chi connectivity index (χ4v) is 5.93. The zero-order chi connectivity index (χ0) is 18.4. The first-order valence-electron chi connectivity index (χ1n) is 9.96. The van der Waals surface area contributed by atoms with Crippen LogP contribution in [0.2, 0.25) is 0 Å². The van der Waals surface area contributed by atoms with Gasteiger partial charge in [0.05, 0.1) is 0 Å². The van der Waals surface area contributed by atoms with E-state index in [1.54, 1.807) is 12.1 Å². The Balaban J connectivity index is 1.18. The van der Waals surface area contributed by atoms with E-state index >= 15 is 0 Å². The molecule has 5 nitrogen and oxygen atoms in total. The van der Waals surface area contributed by atoms with Crippen LogP contribution < -0.4 is 5.32 Å². The highest BCUT2D eigenvalue weighted by molar-refractivity contribution is 5.83. The van der Waals surface area contributed by atoms with Crippen molar-refractivity contribution in [2.45, 2.75) is 44.9 Å². The summed E-state index contributed by atoms with van der Waals surface area (Å²) in [7, 11) is 0. The van der Waals surface area contributed by atoms with Gasteiger partial charge >= 0.3 is 0 Å². The van der Waals surface area contributed by atoms with Crippen molar-refractivity contribution >= 4 is 5.91 Å². The Hall–Kier alpha value is -2.24. The second kappa shape index (κ2) is 6.43. The molecule has 0 spiro atoms. The van der Waals surface area contributed by atoms with Crippen LogP contribution in [0.4, 0.5) is 4.39 Å². The van der Waals surface area contributed by atoms with Crippen molar-refractivity contribution in [1.82, 2.24) is 15.5 Å².